The number of aliphatic hydroxyl groups excluding tert-OH is 2. The fourth-order valence-corrected chi connectivity index (χ4v) is 3.78. The first kappa shape index (κ1) is 12.8. The van der Waals surface area contributed by atoms with Gasteiger partial charge >= 0.3 is 0 Å². The molecule has 0 heterocycles. The molecule has 2 N–H and O–H groups in total. The number of hydrogen-bond donors (Lipinski definition) is 2. The minimum atomic E-state index is -0.601. The number of hydrogen-bond acceptors (Lipinski definition) is 2. The van der Waals surface area contributed by atoms with Crippen molar-refractivity contribution in [1.82, 2.24) is 0 Å². The Bertz CT molecular complexity index is 347. The summed E-state index contributed by atoms with van der Waals surface area (Å²) >= 11 is 0. The molecule has 2 rings (SSSR count). The Balaban J connectivity index is 2.28. The van der Waals surface area contributed by atoms with Gasteiger partial charge in [0.25, 0.3) is 0 Å². The van der Waals surface area contributed by atoms with Crippen molar-refractivity contribution < 1.29 is 10.2 Å². The zero-order valence-corrected chi connectivity index (χ0v) is 10.9. The van der Waals surface area contributed by atoms with Crippen LogP contribution in [-0.2, 0) is 0 Å². The van der Waals surface area contributed by atoms with Crippen molar-refractivity contribution >= 4 is 0 Å². The molecule has 5 atom stereocenters. The summed E-state index contributed by atoms with van der Waals surface area (Å²) in [7, 11) is 0. The third-order valence-electron chi connectivity index (χ3n) is 5.16. The van der Waals surface area contributed by atoms with E-state index in [0.29, 0.717) is 12.3 Å². The van der Waals surface area contributed by atoms with Crippen LogP contribution in [0.25, 0.3) is 0 Å². The quantitative estimate of drug-likeness (QED) is 0.687. The smallest absolute Gasteiger partial charge is 0.0833 e. The van der Waals surface area contributed by atoms with E-state index in [0.717, 1.165) is 19.3 Å². The van der Waals surface area contributed by atoms with Gasteiger partial charge in [-0.3, -0.25) is 0 Å². The van der Waals surface area contributed by atoms with E-state index in [1.54, 1.807) is 0 Å². The standard InChI is InChI=1S/C15H24O2/c1-9(2)12-6-5-10(3)15(7-12)8-13(16)14(17)11(15)4/h11-14,16-17H,1,3,5-8H2,2,4H3/t11-,12-,13?,14?,15+/m0/s1. The molecule has 96 valence electrons. The Labute approximate surface area is 104 Å². The molecule has 0 radical (unpaired) electrons. The highest BCUT2D eigenvalue weighted by molar-refractivity contribution is 5.23. The van der Waals surface area contributed by atoms with Gasteiger partial charge in [-0.15, -0.1) is 0 Å². The first-order valence-corrected chi connectivity index (χ1v) is 6.58. The summed E-state index contributed by atoms with van der Waals surface area (Å²) in [5.74, 6) is 0.618. The maximum absolute atomic E-state index is 10.0. The molecule has 0 amide bonds. The van der Waals surface area contributed by atoms with Crippen molar-refractivity contribution in [1.29, 1.82) is 0 Å². The predicted molar refractivity (Wildman–Crippen MR) is 69.5 cm³/mol. The molecule has 2 aliphatic carbocycles. The summed E-state index contributed by atoms with van der Waals surface area (Å²) in [6.45, 7) is 12.4. The molecule has 0 aromatic rings. The Morgan fingerprint density at radius 3 is 2.47 bits per heavy atom. The lowest BCUT2D eigenvalue weighted by Gasteiger charge is -2.44. The third-order valence-corrected chi connectivity index (χ3v) is 5.16. The average molecular weight is 236 g/mol. The van der Waals surface area contributed by atoms with Gasteiger partial charge < -0.3 is 10.2 Å². The van der Waals surface area contributed by atoms with Gasteiger partial charge in [-0.25, -0.2) is 0 Å². The SMILES string of the molecule is C=C(C)[C@H]1CCC(=C)[C@]2(CC(O)C(O)[C@@H]2C)C1. The summed E-state index contributed by atoms with van der Waals surface area (Å²) in [4.78, 5) is 0. The molecule has 2 nitrogen and oxygen atoms in total. The van der Waals surface area contributed by atoms with Crippen LogP contribution in [0.5, 0.6) is 0 Å². The van der Waals surface area contributed by atoms with E-state index < -0.39 is 12.2 Å². The van der Waals surface area contributed by atoms with E-state index in [4.69, 9.17) is 0 Å². The van der Waals surface area contributed by atoms with Gasteiger partial charge in [-0.05, 0) is 49.9 Å². The van der Waals surface area contributed by atoms with Gasteiger partial charge in [0.2, 0.25) is 0 Å². The number of allylic oxidation sites excluding steroid dienone is 2. The van der Waals surface area contributed by atoms with Gasteiger partial charge in [-0.2, -0.15) is 0 Å². The van der Waals surface area contributed by atoms with E-state index in [2.05, 4.69) is 20.1 Å². The zero-order valence-electron chi connectivity index (χ0n) is 10.9. The van der Waals surface area contributed by atoms with Gasteiger partial charge in [0, 0.05) is 0 Å². The van der Waals surface area contributed by atoms with Crippen LogP contribution >= 0.6 is 0 Å². The molecular formula is C15H24O2. The maximum atomic E-state index is 10.0. The van der Waals surface area contributed by atoms with E-state index in [1.165, 1.54) is 11.1 Å². The maximum Gasteiger partial charge on any atom is 0.0833 e. The molecule has 0 bridgehead atoms. The highest BCUT2D eigenvalue weighted by atomic mass is 16.3. The van der Waals surface area contributed by atoms with Crippen molar-refractivity contribution in [3.8, 4) is 0 Å². The summed E-state index contributed by atoms with van der Waals surface area (Å²) in [5.41, 5.74) is 2.37. The van der Waals surface area contributed by atoms with Crippen molar-refractivity contribution in [3.63, 3.8) is 0 Å². The highest BCUT2D eigenvalue weighted by Gasteiger charge is 2.53. The molecule has 1 spiro atoms. The van der Waals surface area contributed by atoms with Crippen LogP contribution in [0.1, 0.15) is 39.5 Å². The number of rotatable bonds is 1. The lowest BCUT2D eigenvalue weighted by atomic mass is 9.61. The van der Waals surface area contributed by atoms with E-state index in [9.17, 15) is 10.2 Å². The van der Waals surface area contributed by atoms with E-state index in [1.807, 2.05) is 6.92 Å². The second kappa shape index (κ2) is 4.25. The Hall–Kier alpha value is -0.600. The van der Waals surface area contributed by atoms with Crippen molar-refractivity contribution in [2.45, 2.75) is 51.7 Å². The molecule has 2 fully saturated rings. The number of aliphatic hydroxyl groups is 2. The minimum absolute atomic E-state index is 0.0688. The van der Waals surface area contributed by atoms with Crippen LogP contribution < -0.4 is 0 Å². The molecule has 2 aliphatic rings. The van der Waals surface area contributed by atoms with Crippen LogP contribution in [0.4, 0.5) is 0 Å². The van der Waals surface area contributed by atoms with Crippen LogP contribution in [0.15, 0.2) is 24.3 Å². The van der Waals surface area contributed by atoms with Gasteiger partial charge in [0.1, 0.15) is 0 Å². The van der Waals surface area contributed by atoms with Gasteiger partial charge in [0.15, 0.2) is 0 Å². The van der Waals surface area contributed by atoms with Gasteiger partial charge in [-0.1, -0.05) is 31.2 Å². The Kier molecular flexibility index (Phi) is 3.21. The van der Waals surface area contributed by atoms with Crippen molar-refractivity contribution in [3.05, 3.63) is 24.3 Å². The molecule has 2 heteroatoms. The molecule has 0 saturated heterocycles. The molecule has 0 aromatic heterocycles. The normalized spacial score (nSPS) is 46.5. The minimum Gasteiger partial charge on any atom is -0.390 e. The van der Waals surface area contributed by atoms with E-state index in [-0.39, 0.29) is 11.3 Å². The first-order valence-electron chi connectivity index (χ1n) is 6.58. The summed E-state index contributed by atoms with van der Waals surface area (Å²) in [5, 5.41) is 19.9. The fourth-order valence-electron chi connectivity index (χ4n) is 3.78. The molecule has 2 unspecified atom stereocenters. The average Bonchev–Trinajstić information content (AvgIpc) is 2.48. The van der Waals surface area contributed by atoms with Gasteiger partial charge in [0.05, 0.1) is 12.2 Å². The van der Waals surface area contributed by atoms with Crippen LogP contribution in [0.2, 0.25) is 0 Å². The lowest BCUT2D eigenvalue weighted by Crippen LogP contribution is -2.35. The molecule has 0 aliphatic heterocycles. The molecule has 0 aromatic carbocycles. The predicted octanol–water partition coefficient (Wildman–Crippen LogP) is 2.67. The highest BCUT2D eigenvalue weighted by Crippen LogP contribution is 2.57. The third kappa shape index (κ3) is 1.88. The second-order valence-corrected chi connectivity index (χ2v) is 6.10. The van der Waals surface area contributed by atoms with Crippen molar-refractivity contribution in [2.24, 2.45) is 17.3 Å². The van der Waals surface area contributed by atoms with Crippen molar-refractivity contribution in [2.75, 3.05) is 0 Å². The largest absolute Gasteiger partial charge is 0.390 e. The fraction of sp³-hybridized carbons (Fsp3) is 0.733. The lowest BCUT2D eigenvalue weighted by molar-refractivity contribution is 0.0199. The second-order valence-electron chi connectivity index (χ2n) is 6.10. The Morgan fingerprint density at radius 2 is 2.00 bits per heavy atom. The van der Waals surface area contributed by atoms with Crippen LogP contribution in [-0.4, -0.2) is 22.4 Å². The zero-order chi connectivity index (χ0) is 12.8. The topological polar surface area (TPSA) is 40.5 Å². The molecule has 2 saturated carbocycles. The summed E-state index contributed by atoms with van der Waals surface area (Å²) in [6.07, 6.45) is 2.59. The Morgan fingerprint density at radius 1 is 1.35 bits per heavy atom. The summed E-state index contributed by atoms with van der Waals surface area (Å²) < 4.78 is 0. The molecular weight excluding hydrogens is 212 g/mol. The van der Waals surface area contributed by atoms with Crippen LogP contribution in [0, 0.1) is 17.3 Å². The monoisotopic (exact) mass is 236 g/mol. The molecule has 17 heavy (non-hydrogen) atoms. The first-order chi connectivity index (χ1) is 7.88. The van der Waals surface area contributed by atoms with E-state index >= 15 is 0 Å². The summed E-state index contributed by atoms with van der Waals surface area (Å²) in [6, 6.07) is 0. The van der Waals surface area contributed by atoms with Crippen LogP contribution in [0.3, 0.4) is 0 Å².